The second-order valence-electron chi connectivity index (χ2n) is 7.31. The first-order valence-electron chi connectivity index (χ1n) is 9.87. The van der Waals surface area contributed by atoms with E-state index in [2.05, 4.69) is 14.9 Å². The average Bonchev–Trinajstić information content (AvgIpc) is 3.18. The van der Waals surface area contributed by atoms with Crippen molar-refractivity contribution in [2.24, 2.45) is 0 Å². The van der Waals surface area contributed by atoms with Crippen molar-refractivity contribution in [1.82, 2.24) is 14.9 Å². The summed E-state index contributed by atoms with van der Waals surface area (Å²) in [4.78, 5) is 18.2. The van der Waals surface area contributed by atoms with Gasteiger partial charge in [-0.2, -0.15) is 4.98 Å². The molecule has 2 aliphatic rings. The Balaban J connectivity index is 1.61. The highest BCUT2D eigenvalue weighted by atomic mass is 32.2. The molecule has 156 valence electrons. The number of benzene rings is 1. The minimum absolute atomic E-state index is 0.0504. The fourth-order valence-electron chi connectivity index (χ4n) is 3.67. The number of rotatable bonds is 6. The van der Waals surface area contributed by atoms with Crippen LogP contribution in [0, 0.1) is 0 Å². The largest absolute Gasteiger partial charge is 0.482 e. The molecular formula is C19H24N4O5S. The molecule has 2 aromatic rings. The molecule has 0 saturated heterocycles. The molecule has 1 fully saturated rings. The average molecular weight is 420 g/mol. The van der Waals surface area contributed by atoms with Crippen molar-refractivity contribution in [2.75, 3.05) is 11.5 Å². The molecule has 1 N–H and O–H groups in total. The number of nitrogens with zero attached hydrogens (tertiary/aromatic N) is 3. The summed E-state index contributed by atoms with van der Waals surface area (Å²) in [7, 11) is -3.70. The molecule has 0 spiro atoms. The molecule has 0 radical (unpaired) electrons. The molecule has 29 heavy (non-hydrogen) atoms. The van der Waals surface area contributed by atoms with Gasteiger partial charge in [-0.1, -0.05) is 31.3 Å². The molecule has 4 rings (SSSR count). The molecular weight excluding hydrogens is 396 g/mol. The van der Waals surface area contributed by atoms with Crippen LogP contribution in [0.1, 0.15) is 50.7 Å². The van der Waals surface area contributed by atoms with Crippen molar-refractivity contribution in [3.05, 3.63) is 29.9 Å². The highest BCUT2D eigenvalue weighted by Gasteiger charge is 2.30. The predicted molar refractivity (Wildman–Crippen MR) is 104 cm³/mol. The van der Waals surface area contributed by atoms with Crippen LogP contribution in [0.3, 0.4) is 0 Å². The molecule has 0 unspecified atom stereocenters. The second kappa shape index (κ2) is 8.11. The van der Waals surface area contributed by atoms with Crippen LogP contribution >= 0.6 is 0 Å². The van der Waals surface area contributed by atoms with E-state index in [-0.39, 0.29) is 30.0 Å². The van der Waals surface area contributed by atoms with Crippen LogP contribution in [0.25, 0.3) is 0 Å². The van der Waals surface area contributed by atoms with Gasteiger partial charge in [0.2, 0.25) is 15.9 Å². The molecule has 0 atom stereocenters. The first-order valence-corrected chi connectivity index (χ1v) is 11.4. The minimum Gasteiger partial charge on any atom is -0.482 e. The molecule has 9 nitrogen and oxygen atoms in total. The van der Waals surface area contributed by atoms with E-state index in [4.69, 9.17) is 9.26 Å². The van der Waals surface area contributed by atoms with Crippen molar-refractivity contribution in [3.8, 4) is 5.75 Å². The lowest BCUT2D eigenvalue weighted by atomic mass is 9.96. The Morgan fingerprint density at radius 3 is 2.76 bits per heavy atom. The van der Waals surface area contributed by atoms with Gasteiger partial charge in [-0.15, -0.1) is 0 Å². The number of aryl methyl sites for hydroxylation is 1. The number of hydrogen-bond acceptors (Lipinski definition) is 7. The molecule has 1 aromatic heterocycles. The van der Waals surface area contributed by atoms with Crippen molar-refractivity contribution >= 4 is 21.6 Å². The van der Waals surface area contributed by atoms with Crippen LogP contribution in [-0.4, -0.2) is 37.1 Å². The third-order valence-corrected chi connectivity index (χ3v) is 6.74. The monoisotopic (exact) mass is 420 g/mol. The number of nitrogens with one attached hydrogen (secondary N) is 1. The van der Waals surface area contributed by atoms with E-state index in [1.54, 1.807) is 6.07 Å². The fourth-order valence-corrected chi connectivity index (χ4v) is 4.99. The SMILES string of the molecule is CCc1nc(CN2C(=O)COc3ccc(S(=O)(=O)NC4CCCCC4)cc32)no1. The summed E-state index contributed by atoms with van der Waals surface area (Å²) in [5.41, 5.74) is 0.385. The number of carbonyl (C=O) groups excluding carboxylic acids is 1. The number of ether oxygens (including phenoxy) is 1. The van der Waals surface area contributed by atoms with Gasteiger partial charge in [0.1, 0.15) is 5.75 Å². The number of carbonyl (C=O) groups is 1. The summed E-state index contributed by atoms with van der Waals surface area (Å²) in [6.45, 7) is 1.85. The number of amides is 1. The molecule has 2 heterocycles. The summed E-state index contributed by atoms with van der Waals surface area (Å²) < 4.78 is 39.1. The van der Waals surface area contributed by atoms with Crippen LogP contribution in [0.15, 0.2) is 27.6 Å². The van der Waals surface area contributed by atoms with Gasteiger partial charge in [-0.05, 0) is 31.0 Å². The minimum atomic E-state index is -3.70. The zero-order chi connectivity index (χ0) is 20.4. The van der Waals surface area contributed by atoms with Gasteiger partial charge in [-0.25, -0.2) is 13.1 Å². The maximum Gasteiger partial charge on any atom is 0.265 e. The standard InChI is InChI=1S/C19H24N4O5S/c1-2-18-20-17(21-28-18)11-23-15-10-14(8-9-16(15)27-12-19(23)24)29(25,26)22-13-6-4-3-5-7-13/h8-10,13,22H,2-7,11-12H2,1H3. The summed E-state index contributed by atoms with van der Waals surface area (Å²) in [5, 5.41) is 3.89. The Labute approximate surface area is 169 Å². The van der Waals surface area contributed by atoms with Gasteiger partial charge in [-0.3, -0.25) is 9.69 Å². The Morgan fingerprint density at radius 2 is 2.03 bits per heavy atom. The van der Waals surface area contributed by atoms with Crippen LogP contribution in [0.2, 0.25) is 0 Å². The summed E-state index contributed by atoms with van der Waals surface area (Å²) in [6.07, 6.45) is 5.47. The Hall–Kier alpha value is -2.46. The molecule has 10 heteroatoms. The molecule has 1 aliphatic carbocycles. The summed E-state index contributed by atoms with van der Waals surface area (Å²) in [5.74, 6) is 0.987. The van der Waals surface area contributed by atoms with Gasteiger partial charge >= 0.3 is 0 Å². The topological polar surface area (TPSA) is 115 Å². The third kappa shape index (κ3) is 4.27. The zero-order valence-electron chi connectivity index (χ0n) is 16.3. The number of sulfonamides is 1. The predicted octanol–water partition coefficient (Wildman–Crippen LogP) is 2.17. The van der Waals surface area contributed by atoms with Gasteiger partial charge in [0.25, 0.3) is 5.91 Å². The third-order valence-electron chi connectivity index (χ3n) is 5.22. The lowest BCUT2D eigenvalue weighted by Crippen LogP contribution is -2.39. The quantitative estimate of drug-likeness (QED) is 0.761. The lowest BCUT2D eigenvalue weighted by Gasteiger charge is -2.29. The van der Waals surface area contributed by atoms with E-state index in [9.17, 15) is 13.2 Å². The molecule has 1 aromatic carbocycles. The van der Waals surface area contributed by atoms with Crippen LogP contribution in [0.4, 0.5) is 5.69 Å². The Morgan fingerprint density at radius 1 is 1.24 bits per heavy atom. The zero-order valence-corrected chi connectivity index (χ0v) is 17.1. The van der Waals surface area contributed by atoms with Crippen LogP contribution in [-0.2, 0) is 27.8 Å². The van der Waals surface area contributed by atoms with E-state index in [1.807, 2.05) is 6.92 Å². The Bertz CT molecular complexity index is 998. The maximum atomic E-state index is 12.9. The fraction of sp³-hybridized carbons (Fsp3) is 0.526. The highest BCUT2D eigenvalue weighted by Crippen LogP contribution is 2.35. The first-order chi connectivity index (χ1) is 14.0. The van der Waals surface area contributed by atoms with Gasteiger partial charge in [0.05, 0.1) is 17.1 Å². The number of fused-ring (bicyclic) bond motifs is 1. The summed E-state index contributed by atoms with van der Waals surface area (Å²) in [6, 6.07) is 4.50. The van der Waals surface area contributed by atoms with E-state index >= 15 is 0 Å². The van der Waals surface area contributed by atoms with Crippen molar-refractivity contribution < 1.29 is 22.5 Å². The normalized spacial score (nSPS) is 17.8. The molecule has 0 bridgehead atoms. The number of anilines is 1. The van der Waals surface area contributed by atoms with E-state index in [0.717, 1.165) is 32.1 Å². The second-order valence-corrected chi connectivity index (χ2v) is 9.03. The molecule has 1 amide bonds. The lowest BCUT2D eigenvalue weighted by molar-refractivity contribution is -0.121. The van der Waals surface area contributed by atoms with Gasteiger partial charge < -0.3 is 9.26 Å². The van der Waals surface area contributed by atoms with Crippen molar-refractivity contribution in [1.29, 1.82) is 0 Å². The van der Waals surface area contributed by atoms with Crippen LogP contribution in [0.5, 0.6) is 5.75 Å². The van der Waals surface area contributed by atoms with Gasteiger partial charge in [0.15, 0.2) is 12.4 Å². The molecule has 1 aliphatic heterocycles. The summed E-state index contributed by atoms with van der Waals surface area (Å²) >= 11 is 0. The highest BCUT2D eigenvalue weighted by molar-refractivity contribution is 7.89. The van der Waals surface area contributed by atoms with E-state index in [1.165, 1.54) is 17.0 Å². The van der Waals surface area contributed by atoms with Crippen molar-refractivity contribution in [3.63, 3.8) is 0 Å². The van der Waals surface area contributed by atoms with E-state index < -0.39 is 10.0 Å². The maximum absolute atomic E-state index is 12.9. The first kappa shape index (κ1) is 19.8. The van der Waals surface area contributed by atoms with Gasteiger partial charge in [0, 0.05) is 12.5 Å². The Kier molecular flexibility index (Phi) is 5.55. The van der Waals surface area contributed by atoms with Crippen LogP contribution < -0.4 is 14.4 Å². The number of aromatic nitrogens is 2. The van der Waals surface area contributed by atoms with E-state index in [0.29, 0.717) is 29.6 Å². The number of hydrogen-bond donors (Lipinski definition) is 1. The van der Waals surface area contributed by atoms with Crippen molar-refractivity contribution in [2.45, 2.75) is 62.9 Å². The molecule has 1 saturated carbocycles. The smallest absolute Gasteiger partial charge is 0.265 e.